The van der Waals surface area contributed by atoms with E-state index in [2.05, 4.69) is 11.9 Å². The number of amides is 1. The maximum Gasteiger partial charge on any atom is 0.246 e. The fraction of sp³-hybridized carbons (Fsp3) is 0.750. The van der Waals surface area contributed by atoms with Crippen molar-refractivity contribution in [3.05, 3.63) is 12.2 Å². The Hall–Kier alpha value is -0.830. The number of rotatable bonds is 9. The highest BCUT2D eigenvalue weighted by molar-refractivity contribution is 5.91. The molecule has 0 heterocycles. The van der Waals surface area contributed by atoms with E-state index >= 15 is 0 Å². The standard InChI is InChI=1S/C12H23NO2/c1-11(2)12(15)13-9-7-5-3-4-6-8-10-14/h14H,1,3-10H2,2H3,(H,13,15). The van der Waals surface area contributed by atoms with Crippen LogP contribution in [0.15, 0.2) is 12.2 Å². The summed E-state index contributed by atoms with van der Waals surface area (Å²) in [7, 11) is 0. The second-order valence-electron chi connectivity index (χ2n) is 3.88. The largest absolute Gasteiger partial charge is 0.396 e. The summed E-state index contributed by atoms with van der Waals surface area (Å²) in [5, 5.41) is 11.4. The van der Waals surface area contributed by atoms with Crippen molar-refractivity contribution in [2.75, 3.05) is 13.2 Å². The lowest BCUT2D eigenvalue weighted by atomic mass is 10.1. The molecule has 1 amide bonds. The summed E-state index contributed by atoms with van der Waals surface area (Å²) >= 11 is 0. The van der Waals surface area contributed by atoms with Crippen LogP contribution in [0, 0.1) is 0 Å². The average molecular weight is 213 g/mol. The van der Waals surface area contributed by atoms with E-state index < -0.39 is 0 Å². The molecule has 0 radical (unpaired) electrons. The number of aliphatic hydroxyl groups excluding tert-OH is 1. The van der Waals surface area contributed by atoms with Crippen molar-refractivity contribution < 1.29 is 9.90 Å². The van der Waals surface area contributed by atoms with Crippen LogP contribution in [0.4, 0.5) is 0 Å². The number of unbranched alkanes of at least 4 members (excludes halogenated alkanes) is 5. The van der Waals surface area contributed by atoms with Gasteiger partial charge in [-0.15, -0.1) is 0 Å². The smallest absolute Gasteiger partial charge is 0.246 e. The molecule has 0 saturated carbocycles. The van der Waals surface area contributed by atoms with E-state index in [1.165, 1.54) is 12.8 Å². The second-order valence-corrected chi connectivity index (χ2v) is 3.88. The fourth-order valence-electron chi connectivity index (χ4n) is 1.30. The summed E-state index contributed by atoms with van der Waals surface area (Å²) in [6.07, 6.45) is 6.54. The van der Waals surface area contributed by atoms with Gasteiger partial charge in [0.15, 0.2) is 0 Å². The van der Waals surface area contributed by atoms with Crippen LogP contribution in [0.25, 0.3) is 0 Å². The van der Waals surface area contributed by atoms with Crippen LogP contribution in [-0.4, -0.2) is 24.2 Å². The Balaban J connectivity index is 3.11. The number of carbonyl (C=O) groups is 1. The molecule has 15 heavy (non-hydrogen) atoms. The average Bonchev–Trinajstić information content (AvgIpc) is 2.21. The molecule has 0 aromatic carbocycles. The van der Waals surface area contributed by atoms with E-state index in [0.717, 1.165) is 32.2 Å². The quantitative estimate of drug-likeness (QED) is 0.454. The minimum atomic E-state index is -0.0460. The molecule has 0 aliphatic carbocycles. The van der Waals surface area contributed by atoms with Crippen molar-refractivity contribution in [2.24, 2.45) is 0 Å². The summed E-state index contributed by atoms with van der Waals surface area (Å²) in [5.41, 5.74) is 0.568. The zero-order valence-electron chi connectivity index (χ0n) is 9.72. The van der Waals surface area contributed by atoms with Gasteiger partial charge in [0.25, 0.3) is 0 Å². The monoisotopic (exact) mass is 213 g/mol. The van der Waals surface area contributed by atoms with Crippen LogP contribution in [0.5, 0.6) is 0 Å². The molecule has 0 aromatic heterocycles. The summed E-state index contributed by atoms with van der Waals surface area (Å²) in [4.78, 5) is 11.1. The normalized spacial score (nSPS) is 10.0. The summed E-state index contributed by atoms with van der Waals surface area (Å²) in [5.74, 6) is -0.0460. The second kappa shape index (κ2) is 9.71. The highest BCUT2D eigenvalue weighted by atomic mass is 16.2. The summed E-state index contributed by atoms with van der Waals surface area (Å²) < 4.78 is 0. The minimum absolute atomic E-state index is 0.0460. The third kappa shape index (κ3) is 9.47. The van der Waals surface area contributed by atoms with Crippen molar-refractivity contribution in [1.29, 1.82) is 0 Å². The molecular formula is C12H23NO2. The van der Waals surface area contributed by atoms with Crippen LogP contribution < -0.4 is 5.32 Å². The van der Waals surface area contributed by atoms with Gasteiger partial charge in [-0.05, 0) is 19.8 Å². The molecule has 0 aliphatic heterocycles. The van der Waals surface area contributed by atoms with Gasteiger partial charge in [0.05, 0.1) is 0 Å². The predicted octanol–water partition coefficient (Wildman–Crippen LogP) is 2.01. The SMILES string of the molecule is C=C(C)C(=O)NCCCCCCCCO. The number of hydrogen-bond donors (Lipinski definition) is 2. The predicted molar refractivity (Wildman–Crippen MR) is 62.6 cm³/mol. The molecule has 88 valence electrons. The Morgan fingerprint density at radius 2 is 1.67 bits per heavy atom. The number of aliphatic hydroxyl groups is 1. The molecule has 0 unspecified atom stereocenters. The van der Waals surface area contributed by atoms with Gasteiger partial charge in [-0.25, -0.2) is 0 Å². The number of carbonyl (C=O) groups excluding carboxylic acids is 1. The zero-order valence-corrected chi connectivity index (χ0v) is 9.72. The Kier molecular flexibility index (Phi) is 9.18. The third-order valence-electron chi connectivity index (χ3n) is 2.26. The van der Waals surface area contributed by atoms with Gasteiger partial charge in [-0.2, -0.15) is 0 Å². The van der Waals surface area contributed by atoms with Gasteiger partial charge in [-0.1, -0.05) is 32.3 Å². The van der Waals surface area contributed by atoms with Gasteiger partial charge in [0.1, 0.15) is 0 Å². The first-order chi connectivity index (χ1) is 7.18. The summed E-state index contributed by atoms with van der Waals surface area (Å²) in [6.45, 7) is 6.32. The number of hydrogen-bond acceptors (Lipinski definition) is 2. The van der Waals surface area contributed by atoms with Crippen molar-refractivity contribution in [3.63, 3.8) is 0 Å². The Labute approximate surface area is 92.6 Å². The van der Waals surface area contributed by atoms with Crippen molar-refractivity contribution in [2.45, 2.75) is 45.4 Å². The van der Waals surface area contributed by atoms with E-state index in [1.807, 2.05) is 0 Å². The lowest BCUT2D eigenvalue weighted by Gasteiger charge is -2.04. The van der Waals surface area contributed by atoms with E-state index in [0.29, 0.717) is 12.2 Å². The number of nitrogens with one attached hydrogen (secondary N) is 1. The van der Waals surface area contributed by atoms with Gasteiger partial charge in [-0.3, -0.25) is 4.79 Å². The molecule has 0 rings (SSSR count). The van der Waals surface area contributed by atoms with Crippen LogP contribution in [0.1, 0.15) is 45.4 Å². The highest BCUT2D eigenvalue weighted by Gasteiger charge is 1.98. The maximum atomic E-state index is 11.1. The topological polar surface area (TPSA) is 49.3 Å². The summed E-state index contributed by atoms with van der Waals surface area (Å²) in [6, 6.07) is 0. The van der Waals surface area contributed by atoms with Crippen LogP contribution >= 0.6 is 0 Å². The lowest BCUT2D eigenvalue weighted by molar-refractivity contribution is -0.117. The first-order valence-corrected chi connectivity index (χ1v) is 5.73. The molecule has 0 atom stereocenters. The van der Waals surface area contributed by atoms with Crippen molar-refractivity contribution in [1.82, 2.24) is 5.32 Å². The molecule has 3 heteroatoms. The Morgan fingerprint density at radius 1 is 1.13 bits per heavy atom. The third-order valence-corrected chi connectivity index (χ3v) is 2.26. The van der Waals surface area contributed by atoms with Crippen molar-refractivity contribution >= 4 is 5.91 Å². The van der Waals surface area contributed by atoms with Gasteiger partial charge < -0.3 is 10.4 Å². The van der Waals surface area contributed by atoms with E-state index in [9.17, 15) is 4.79 Å². The van der Waals surface area contributed by atoms with Gasteiger partial charge in [0, 0.05) is 18.7 Å². The molecule has 0 spiro atoms. The fourth-order valence-corrected chi connectivity index (χ4v) is 1.30. The minimum Gasteiger partial charge on any atom is -0.396 e. The molecule has 3 nitrogen and oxygen atoms in total. The van der Waals surface area contributed by atoms with E-state index in [4.69, 9.17) is 5.11 Å². The zero-order chi connectivity index (χ0) is 11.5. The van der Waals surface area contributed by atoms with E-state index in [-0.39, 0.29) is 5.91 Å². The Morgan fingerprint density at radius 3 is 2.20 bits per heavy atom. The molecular weight excluding hydrogens is 190 g/mol. The molecule has 0 fully saturated rings. The van der Waals surface area contributed by atoms with Crippen LogP contribution in [0.3, 0.4) is 0 Å². The van der Waals surface area contributed by atoms with Gasteiger partial charge in [0.2, 0.25) is 5.91 Å². The molecule has 0 aliphatic rings. The molecule has 0 bridgehead atoms. The molecule has 0 aromatic rings. The van der Waals surface area contributed by atoms with E-state index in [1.54, 1.807) is 6.92 Å². The Bertz CT molecular complexity index is 190. The first kappa shape index (κ1) is 14.2. The van der Waals surface area contributed by atoms with Crippen LogP contribution in [0.2, 0.25) is 0 Å². The van der Waals surface area contributed by atoms with Gasteiger partial charge >= 0.3 is 0 Å². The van der Waals surface area contributed by atoms with Crippen LogP contribution in [-0.2, 0) is 4.79 Å². The lowest BCUT2D eigenvalue weighted by Crippen LogP contribution is -2.24. The highest BCUT2D eigenvalue weighted by Crippen LogP contribution is 2.04. The molecule has 2 N–H and O–H groups in total. The first-order valence-electron chi connectivity index (χ1n) is 5.73. The maximum absolute atomic E-state index is 11.1. The van der Waals surface area contributed by atoms with Crippen molar-refractivity contribution in [3.8, 4) is 0 Å². The molecule has 0 saturated heterocycles.